The average Bonchev–Trinajstić information content (AvgIpc) is 3.11. The van der Waals surface area contributed by atoms with Gasteiger partial charge in [0.1, 0.15) is 0 Å². The van der Waals surface area contributed by atoms with Crippen molar-refractivity contribution in [3.63, 3.8) is 0 Å². The number of thiophene rings is 1. The van der Waals surface area contributed by atoms with Crippen molar-refractivity contribution in [2.75, 3.05) is 19.4 Å². The van der Waals surface area contributed by atoms with Gasteiger partial charge >= 0.3 is 0 Å². The van der Waals surface area contributed by atoms with Crippen molar-refractivity contribution >= 4 is 38.9 Å². The predicted molar refractivity (Wildman–Crippen MR) is 93.8 cm³/mol. The third-order valence-corrected chi connectivity index (χ3v) is 5.35. The molecule has 1 aromatic carbocycles. The molecule has 1 heterocycles. The number of nitrogens with zero attached hydrogens (tertiary/aromatic N) is 1. The summed E-state index contributed by atoms with van der Waals surface area (Å²) in [5, 5.41) is 3.95. The molecule has 1 fully saturated rings. The lowest BCUT2D eigenvalue weighted by Crippen LogP contribution is -2.23. The summed E-state index contributed by atoms with van der Waals surface area (Å²) in [6.45, 7) is 0. The van der Waals surface area contributed by atoms with Gasteiger partial charge in [-0.05, 0) is 48.9 Å². The van der Waals surface area contributed by atoms with E-state index in [1.165, 1.54) is 11.3 Å². The van der Waals surface area contributed by atoms with Crippen LogP contribution in [-0.2, 0) is 4.79 Å². The lowest BCUT2D eigenvalue weighted by atomic mass is 10.1. The van der Waals surface area contributed by atoms with Crippen LogP contribution in [-0.4, -0.2) is 36.9 Å². The third-order valence-electron chi connectivity index (χ3n) is 4.24. The number of hydrogen-bond donors (Lipinski definition) is 2. The van der Waals surface area contributed by atoms with Gasteiger partial charge in [-0.3, -0.25) is 9.59 Å². The highest BCUT2D eigenvalue weighted by Gasteiger charge is 2.27. The van der Waals surface area contributed by atoms with Crippen LogP contribution in [0.25, 0.3) is 10.1 Å². The molecule has 5 nitrogen and oxygen atoms in total. The molecular weight excluding hydrogens is 310 g/mol. The molecular formula is C17H21N3O2S. The Kier molecular flexibility index (Phi) is 4.37. The summed E-state index contributed by atoms with van der Waals surface area (Å²) >= 11 is 1.47. The van der Waals surface area contributed by atoms with Gasteiger partial charge in [0, 0.05) is 36.4 Å². The van der Waals surface area contributed by atoms with E-state index in [9.17, 15) is 9.59 Å². The molecule has 3 N–H and O–H groups in total. The highest BCUT2D eigenvalue weighted by molar-refractivity contribution is 7.20. The smallest absolute Gasteiger partial charge is 0.263 e. The zero-order valence-electron chi connectivity index (χ0n) is 13.3. The monoisotopic (exact) mass is 331 g/mol. The van der Waals surface area contributed by atoms with Gasteiger partial charge < -0.3 is 16.0 Å². The maximum Gasteiger partial charge on any atom is 0.263 e. The molecule has 122 valence electrons. The fourth-order valence-corrected chi connectivity index (χ4v) is 4.01. The number of carbonyl (C=O) groups is 2. The molecule has 1 aromatic heterocycles. The maximum atomic E-state index is 12.3. The Hall–Kier alpha value is -1.92. The number of fused-ring (bicyclic) bond motifs is 1. The van der Waals surface area contributed by atoms with Crippen LogP contribution in [0.3, 0.4) is 0 Å². The molecule has 0 saturated heterocycles. The molecule has 2 amide bonds. The largest absolute Gasteiger partial charge is 0.344 e. The Morgan fingerprint density at radius 1 is 1.26 bits per heavy atom. The fraction of sp³-hybridized carbons (Fsp3) is 0.412. The topological polar surface area (TPSA) is 75.4 Å². The van der Waals surface area contributed by atoms with Crippen LogP contribution in [0.4, 0.5) is 5.69 Å². The van der Waals surface area contributed by atoms with E-state index in [1.807, 2.05) is 24.3 Å². The van der Waals surface area contributed by atoms with E-state index in [4.69, 9.17) is 5.73 Å². The van der Waals surface area contributed by atoms with Gasteiger partial charge in [-0.1, -0.05) is 0 Å². The minimum absolute atomic E-state index is 0.00303. The Morgan fingerprint density at radius 2 is 2.04 bits per heavy atom. The Morgan fingerprint density at radius 3 is 2.70 bits per heavy atom. The molecule has 1 aliphatic rings. The maximum absolute atomic E-state index is 12.3. The number of nitrogens with two attached hydrogens (primary N) is 1. The molecule has 6 heteroatoms. The van der Waals surface area contributed by atoms with E-state index >= 15 is 0 Å². The lowest BCUT2D eigenvalue weighted by molar-refractivity contribution is -0.119. The van der Waals surface area contributed by atoms with Crippen molar-refractivity contribution in [1.29, 1.82) is 0 Å². The zero-order chi connectivity index (χ0) is 16.6. The molecule has 2 aromatic rings. The summed E-state index contributed by atoms with van der Waals surface area (Å²) in [5.74, 6) is 0.0444. The Labute approximate surface area is 139 Å². The van der Waals surface area contributed by atoms with Crippen LogP contribution in [0.5, 0.6) is 0 Å². The van der Waals surface area contributed by atoms with Gasteiger partial charge in [-0.15, -0.1) is 11.3 Å². The average molecular weight is 331 g/mol. The number of hydrogen-bond acceptors (Lipinski definition) is 4. The first-order valence-electron chi connectivity index (χ1n) is 7.75. The van der Waals surface area contributed by atoms with Gasteiger partial charge in [0.15, 0.2) is 0 Å². The van der Waals surface area contributed by atoms with Gasteiger partial charge in [-0.25, -0.2) is 0 Å². The summed E-state index contributed by atoms with van der Waals surface area (Å²) in [4.78, 5) is 26.6. The quantitative estimate of drug-likeness (QED) is 0.908. The van der Waals surface area contributed by atoms with Crippen LogP contribution >= 0.6 is 11.3 Å². The molecule has 0 unspecified atom stereocenters. The fourth-order valence-electron chi connectivity index (χ4n) is 2.95. The van der Waals surface area contributed by atoms with Gasteiger partial charge in [0.2, 0.25) is 5.91 Å². The number of benzene rings is 1. The number of carbonyl (C=O) groups excluding carboxylic acids is 2. The summed E-state index contributed by atoms with van der Waals surface area (Å²) in [7, 11) is 3.48. The molecule has 1 aliphatic carbocycles. The van der Waals surface area contributed by atoms with Crippen LogP contribution in [0, 0.1) is 5.92 Å². The first kappa shape index (κ1) is 16.0. The number of anilines is 1. The summed E-state index contributed by atoms with van der Waals surface area (Å²) in [6, 6.07) is 7.77. The lowest BCUT2D eigenvalue weighted by Gasteiger charge is -2.10. The van der Waals surface area contributed by atoms with Crippen LogP contribution < -0.4 is 11.1 Å². The van der Waals surface area contributed by atoms with Crippen molar-refractivity contribution in [3.8, 4) is 0 Å². The summed E-state index contributed by atoms with van der Waals surface area (Å²) in [5.41, 5.74) is 6.64. The van der Waals surface area contributed by atoms with Crippen molar-refractivity contribution in [2.45, 2.75) is 25.3 Å². The van der Waals surface area contributed by atoms with E-state index < -0.39 is 0 Å². The van der Waals surface area contributed by atoms with Crippen molar-refractivity contribution in [2.24, 2.45) is 11.7 Å². The highest BCUT2D eigenvalue weighted by Crippen LogP contribution is 2.30. The molecule has 0 bridgehead atoms. The number of nitrogens with one attached hydrogen (secondary N) is 1. The van der Waals surface area contributed by atoms with E-state index in [2.05, 4.69) is 5.32 Å². The first-order chi connectivity index (χ1) is 10.9. The van der Waals surface area contributed by atoms with E-state index in [-0.39, 0.29) is 23.8 Å². The number of rotatable bonds is 3. The molecule has 23 heavy (non-hydrogen) atoms. The van der Waals surface area contributed by atoms with Crippen molar-refractivity contribution in [1.82, 2.24) is 4.90 Å². The van der Waals surface area contributed by atoms with Gasteiger partial charge in [0.05, 0.1) is 4.88 Å². The first-order valence-corrected chi connectivity index (χ1v) is 8.57. The molecule has 0 radical (unpaired) electrons. The SMILES string of the molecule is CN(C)C(=O)c1cc2cc(NC(=O)[C@@H]3CC[C@H](N)C3)ccc2s1. The molecule has 3 rings (SSSR count). The summed E-state index contributed by atoms with van der Waals surface area (Å²) < 4.78 is 1.04. The second-order valence-corrected chi connectivity index (χ2v) is 7.41. The number of amides is 2. The highest BCUT2D eigenvalue weighted by atomic mass is 32.1. The van der Waals surface area contributed by atoms with Crippen LogP contribution in [0.2, 0.25) is 0 Å². The van der Waals surface area contributed by atoms with E-state index in [1.54, 1.807) is 19.0 Å². The van der Waals surface area contributed by atoms with Crippen molar-refractivity contribution in [3.05, 3.63) is 29.1 Å². The zero-order valence-corrected chi connectivity index (χ0v) is 14.2. The second kappa shape index (κ2) is 6.29. The van der Waals surface area contributed by atoms with Crippen molar-refractivity contribution < 1.29 is 9.59 Å². The van der Waals surface area contributed by atoms with E-state index in [0.29, 0.717) is 4.88 Å². The minimum Gasteiger partial charge on any atom is -0.344 e. The van der Waals surface area contributed by atoms with Gasteiger partial charge in [-0.2, -0.15) is 0 Å². The summed E-state index contributed by atoms with van der Waals surface area (Å²) in [6.07, 6.45) is 2.53. The normalized spacial score (nSPS) is 20.7. The Balaban J connectivity index is 1.77. The molecule has 2 atom stereocenters. The molecule has 0 aliphatic heterocycles. The van der Waals surface area contributed by atoms with E-state index in [0.717, 1.165) is 35.0 Å². The van der Waals surface area contributed by atoms with Crippen LogP contribution in [0.1, 0.15) is 28.9 Å². The van der Waals surface area contributed by atoms with Crippen LogP contribution in [0.15, 0.2) is 24.3 Å². The predicted octanol–water partition coefficient (Wildman–Crippen LogP) is 2.67. The second-order valence-electron chi connectivity index (χ2n) is 6.32. The standard InChI is InChI=1S/C17H21N3O2S/c1-20(2)17(22)15-9-11-8-13(5-6-14(11)23-15)19-16(21)10-3-4-12(18)7-10/h5-6,8-10,12H,3-4,7,18H2,1-2H3,(H,19,21)/t10-,12+/m1/s1. The Bertz CT molecular complexity index is 753. The third kappa shape index (κ3) is 3.38. The molecule has 0 spiro atoms. The van der Waals surface area contributed by atoms with Gasteiger partial charge in [0.25, 0.3) is 5.91 Å². The molecule has 1 saturated carbocycles. The minimum atomic E-state index is -0.00303.